The maximum Gasteiger partial charge on any atom is 0.0526 e. The fourth-order valence-corrected chi connectivity index (χ4v) is 4.71. The lowest BCUT2D eigenvalue weighted by atomic mass is 9.81. The number of hydrogen-bond acceptors (Lipinski definition) is 2. The molecule has 2 aliphatic heterocycles. The molecule has 2 atom stereocenters. The first-order valence-corrected chi connectivity index (χ1v) is 9.24. The second-order valence-electron chi connectivity index (χ2n) is 5.97. The summed E-state index contributed by atoms with van der Waals surface area (Å²) in [5, 5.41) is 3.66. The molecule has 2 bridgehead atoms. The van der Waals surface area contributed by atoms with Crippen LogP contribution in [0.25, 0.3) is 0 Å². The third kappa shape index (κ3) is 2.93. The molecule has 3 rings (SSSR count). The first kappa shape index (κ1) is 14.9. The van der Waals surface area contributed by atoms with Gasteiger partial charge in [0, 0.05) is 27.1 Å². The fourth-order valence-electron chi connectivity index (χ4n) is 3.91. The van der Waals surface area contributed by atoms with Gasteiger partial charge in [-0.25, -0.2) is 0 Å². The molecule has 1 N–H and O–H groups in total. The van der Waals surface area contributed by atoms with Crippen molar-refractivity contribution in [1.82, 2.24) is 5.32 Å². The van der Waals surface area contributed by atoms with E-state index in [-0.39, 0.29) is 0 Å². The lowest BCUT2D eigenvalue weighted by Crippen LogP contribution is -2.56. The van der Waals surface area contributed by atoms with Crippen molar-refractivity contribution in [3.8, 4) is 0 Å². The molecular formula is C16H22Br2N2. The summed E-state index contributed by atoms with van der Waals surface area (Å²) in [6, 6.07) is 8.62. The Morgan fingerprint density at radius 2 is 1.90 bits per heavy atom. The average Bonchev–Trinajstić information content (AvgIpc) is 2.41. The minimum absolute atomic E-state index is 0.692. The van der Waals surface area contributed by atoms with Crippen molar-refractivity contribution < 1.29 is 0 Å². The van der Waals surface area contributed by atoms with Crippen molar-refractivity contribution in [3.05, 3.63) is 27.1 Å². The predicted molar refractivity (Wildman–Crippen MR) is 92.4 cm³/mol. The predicted octanol–water partition coefficient (Wildman–Crippen LogP) is 4.71. The SMILES string of the molecule is CCNC1CC2CCCC(C1)N2c1cc(Br)ccc1Br. The van der Waals surface area contributed by atoms with Crippen LogP contribution in [-0.4, -0.2) is 24.7 Å². The van der Waals surface area contributed by atoms with E-state index in [1.807, 2.05) is 0 Å². The van der Waals surface area contributed by atoms with E-state index in [0.29, 0.717) is 18.1 Å². The van der Waals surface area contributed by atoms with Crippen LogP contribution in [0.3, 0.4) is 0 Å². The highest BCUT2D eigenvalue weighted by molar-refractivity contribution is 9.11. The van der Waals surface area contributed by atoms with Gasteiger partial charge in [-0.05, 0) is 72.8 Å². The highest BCUT2D eigenvalue weighted by atomic mass is 79.9. The van der Waals surface area contributed by atoms with Gasteiger partial charge in [0.1, 0.15) is 0 Å². The second-order valence-corrected chi connectivity index (χ2v) is 7.74. The third-order valence-electron chi connectivity index (χ3n) is 4.65. The van der Waals surface area contributed by atoms with E-state index < -0.39 is 0 Å². The van der Waals surface area contributed by atoms with E-state index in [0.717, 1.165) is 6.54 Å². The average molecular weight is 402 g/mol. The van der Waals surface area contributed by atoms with Gasteiger partial charge in [0.15, 0.2) is 0 Å². The molecule has 2 unspecified atom stereocenters. The van der Waals surface area contributed by atoms with E-state index >= 15 is 0 Å². The summed E-state index contributed by atoms with van der Waals surface area (Å²) in [4.78, 5) is 2.69. The topological polar surface area (TPSA) is 15.3 Å². The van der Waals surface area contributed by atoms with Gasteiger partial charge < -0.3 is 10.2 Å². The highest BCUT2D eigenvalue weighted by Crippen LogP contribution is 2.41. The highest BCUT2D eigenvalue weighted by Gasteiger charge is 2.38. The molecule has 20 heavy (non-hydrogen) atoms. The first-order chi connectivity index (χ1) is 9.69. The van der Waals surface area contributed by atoms with Crippen LogP contribution in [0.15, 0.2) is 27.1 Å². The lowest BCUT2D eigenvalue weighted by molar-refractivity contribution is 0.247. The number of anilines is 1. The Labute approximate surface area is 138 Å². The van der Waals surface area contributed by atoms with Crippen molar-refractivity contribution in [1.29, 1.82) is 0 Å². The van der Waals surface area contributed by atoms with Crippen molar-refractivity contribution in [2.24, 2.45) is 0 Å². The van der Waals surface area contributed by atoms with Crippen LogP contribution in [0.1, 0.15) is 39.0 Å². The molecule has 0 aliphatic carbocycles. The summed E-state index contributed by atoms with van der Waals surface area (Å²) >= 11 is 7.36. The molecule has 0 saturated carbocycles. The van der Waals surface area contributed by atoms with Gasteiger partial charge in [-0.1, -0.05) is 22.9 Å². The Hall–Kier alpha value is -0.0600. The van der Waals surface area contributed by atoms with E-state index in [4.69, 9.17) is 0 Å². The summed E-state index contributed by atoms with van der Waals surface area (Å²) in [5.41, 5.74) is 1.36. The van der Waals surface area contributed by atoms with Gasteiger partial charge in [-0.2, -0.15) is 0 Å². The largest absolute Gasteiger partial charge is 0.365 e. The zero-order valence-corrected chi connectivity index (χ0v) is 15.1. The van der Waals surface area contributed by atoms with Crippen molar-refractivity contribution in [2.75, 3.05) is 11.4 Å². The van der Waals surface area contributed by atoms with E-state index in [2.05, 4.69) is 67.2 Å². The Bertz CT molecular complexity index is 464. The molecule has 0 aromatic heterocycles. The van der Waals surface area contributed by atoms with Crippen LogP contribution in [0.4, 0.5) is 5.69 Å². The molecule has 110 valence electrons. The van der Waals surface area contributed by atoms with E-state index in [9.17, 15) is 0 Å². The van der Waals surface area contributed by atoms with Crippen molar-refractivity contribution >= 4 is 37.5 Å². The molecule has 4 heteroatoms. The van der Waals surface area contributed by atoms with Crippen LogP contribution >= 0.6 is 31.9 Å². The molecule has 2 aliphatic rings. The maximum absolute atomic E-state index is 3.74. The molecule has 1 aromatic carbocycles. The number of fused-ring (bicyclic) bond motifs is 2. The maximum atomic E-state index is 3.74. The summed E-state index contributed by atoms with van der Waals surface area (Å²) in [6.07, 6.45) is 6.61. The summed E-state index contributed by atoms with van der Waals surface area (Å²) < 4.78 is 2.39. The second kappa shape index (κ2) is 6.37. The molecule has 2 nitrogen and oxygen atoms in total. The number of benzene rings is 1. The number of piperidine rings is 2. The molecule has 2 heterocycles. The molecule has 0 radical (unpaired) electrons. The van der Waals surface area contributed by atoms with Gasteiger partial charge in [-0.15, -0.1) is 0 Å². The van der Waals surface area contributed by atoms with E-state index in [1.165, 1.54) is 46.7 Å². The molecule has 2 fully saturated rings. The third-order valence-corrected chi connectivity index (χ3v) is 5.82. The standard InChI is InChI=1S/C16H22Br2N2/c1-2-19-12-9-13-4-3-5-14(10-12)20(13)16-8-11(17)6-7-15(16)18/h6-8,12-14,19H,2-5,9-10H2,1H3. The smallest absolute Gasteiger partial charge is 0.0526 e. The number of rotatable bonds is 3. The normalized spacial score (nSPS) is 29.6. The Balaban J connectivity index is 1.88. The number of nitrogens with one attached hydrogen (secondary N) is 1. The fraction of sp³-hybridized carbons (Fsp3) is 0.625. The zero-order valence-electron chi connectivity index (χ0n) is 11.9. The minimum atomic E-state index is 0.692. The van der Waals surface area contributed by atoms with Gasteiger partial charge >= 0.3 is 0 Å². The summed E-state index contributed by atoms with van der Waals surface area (Å²) in [7, 11) is 0. The van der Waals surface area contributed by atoms with E-state index in [1.54, 1.807) is 0 Å². The summed E-state index contributed by atoms with van der Waals surface area (Å²) in [6.45, 7) is 3.30. The Morgan fingerprint density at radius 1 is 1.20 bits per heavy atom. The summed E-state index contributed by atoms with van der Waals surface area (Å²) in [5.74, 6) is 0. The Kier molecular flexibility index (Phi) is 4.73. The van der Waals surface area contributed by atoms with Crippen LogP contribution in [0.2, 0.25) is 0 Å². The van der Waals surface area contributed by atoms with Crippen molar-refractivity contribution in [3.63, 3.8) is 0 Å². The van der Waals surface area contributed by atoms with Gasteiger partial charge in [0.05, 0.1) is 5.69 Å². The van der Waals surface area contributed by atoms with Gasteiger partial charge in [0.2, 0.25) is 0 Å². The van der Waals surface area contributed by atoms with Crippen LogP contribution in [0, 0.1) is 0 Å². The van der Waals surface area contributed by atoms with Crippen molar-refractivity contribution in [2.45, 2.75) is 57.2 Å². The van der Waals surface area contributed by atoms with Gasteiger partial charge in [0.25, 0.3) is 0 Å². The molecular weight excluding hydrogens is 380 g/mol. The number of nitrogens with zero attached hydrogens (tertiary/aromatic N) is 1. The molecule has 2 saturated heterocycles. The first-order valence-electron chi connectivity index (χ1n) is 7.65. The lowest BCUT2D eigenvalue weighted by Gasteiger charge is -2.50. The van der Waals surface area contributed by atoms with Crippen LogP contribution in [0.5, 0.6) is 0 Å². The van der Waals surface area contributed by atoms with Crippen LogP contribution in [-0.2, 0) is 0 Å². The number of halogens is 2. The zero-order chi connectivity index (χ0) is 14.1. The minimum Gasteiger partial charge on any atom is -0.365 e. The monoisotopic (exact) mass is 400 g/mol. The molecule has 0 spiro atoms. The number of hydrogen-bond donors (Lipinski definition) is 1. The van der Waals surface area contributed by atoms with Crippen LogP contribution < -0.4 is 10.2 Å². The molecule has 0 amide bonds. The quantitative estimate of drug-likeness (QED) is 0.788. The van der Waals surface area contributed by atoms with Gasteiger partial charge in [-0.3, -0.25) is 0 Å². The Morgan fingerprint density at radius 3 is 2.55 bits per heavy atom. The molecule has 1 aromatic rings.